The molecule has 1 fully saturated rings. The molecule has 3 rings (SSSR count). The Morgan fingerprint density at radius 2 is 1.61 bits per heavy atom. The molecule has 0 saturated carbocycles. The van der Waals surface area contributed by atoms with Crippen LogP contribution >= 0.6 is 0 Å². The second-order valence-corrected chi connectivity index (χ2v) is 10.1. The van der Waals surface area contributed by atoms with Crippen molar-refractivity contribution in [1.29, 1.82) is 0 Å². The maximum Gasteiger partial charge on any atom is 0.264 e. The second kappa shape index (κ2) is 10.3. The number of carbonyl (C=O) groups excluding carboxylic acids is 1. The van der Waals surface area contributed by atoms with Crippen LogP contribution in [-0.2, 0) is 10.0 Å². The fourth-order valence-electron chi connectivity index (χ4n) is 3.51. The van der Waals surface area contributed by atoms with Crippen molar-refractivity contribution in [2.24, 2.45) is 0 Å². The number of sulfonamides is 1. The van der Waals surface area contributed by atoms with Crippen LogP contribution in [0, 0.1) is 6.92 Å². The minimum Gasteiger partial charge on any atom is -0.352 e. The van der Waals surface area contributed by atoms with E-state index in [-0.39, 0.29) is 10.8 Å². The van der Waals surface area contributed by atoms with Crippen LogP contribution in [-0.4, -0.2) is 77.5 Å². The number of benzene rings is 2. The van der Waals surface area contributed by atoms with Gasteiger partial charge in [-0.25, -0.2) is 8.42 Å². The Bertz CT molecular complexity index is 967. The van der Waals surface area contributed by atoms with Crippen LogP contribution in [0.2, 0.25) is 0 Å². The zero-order valence-corrected chi connectivity index (χ0v) is 19.4. The topological polar surface area (TPSA) is 73.0 Å². The van der Waals surface area contributed by atoms with Gasteiger partial charge in [0.1, 0.15) is 0 Å². The quantitative estimate of drug-likeness (QED) is 0.632. The summed E-state index contributed by atoms with van der Waals surface area (Å²) < 4.78 is 26.9. The number of aryl methyl sites for hydroxylation is 1. The highest BCUT2D eigenvalue weighted by atomic mass is 32.2. The summed E-state index contributed by atoms with van der Waals surface area (Å²) in [6.07, 6.45) is 0.908. The first-order valence-corrected chi connectivity index (χ1v) is 12.1. The van der Waals surface area contributed by atoms with Crippen LogP contribution in [0.25, 0.3) is 0 Å². The molecular weight excluding hydrogens is 412 g/mol. The third-order valence-electron chi connectivity index (χ3n) is 5.71. The lowest BCUT2D eigenvalue weighted by molar-refractivity contribution is 0.0949. The number of nitrogens with one attached hydrogen (secondary N) is 1. The minimum absolute atomic E-state index is 0.144. The number of hydrogen-bond acceptors (Lipinski definition) is 5. The average Bonchev–Trinajstić information content (AvgIpc) is 2.77. The summed E-state index contributed by atoms with van der Waals surface area (Å²) in [5.41, 5.74) is 2.03. The normalized spacial score (nSPS) is 15.6. The van der Waals surface area contributed by atoms with Gasteiger partial charge in [0.15, 0.2) is 0 Å². The standard InChI is InChI=1S/C23H32N4O3S/c1-19-5-11-22(12-6-19)31(29,30)26(3)21-9-7-20(8-10-21)23(28)24-13-4-14-27-17-15-25(2)16-18-27/h5-12H,4,13-18H2,1-3H3,(H,24,28). The minimum atomic E-state index is -3.65. The summed E-state index contributed by atoms with van der Waals surface area (Å²) in [5, 5.41) is 2.95. The smallest absolute Gasteiger partial charge is 0.264 e. The zero-order chi connectivity index (χ0) is 22.4. The lowest BCUT2D eigenvalue weighted by Crippen LogP contribution is -2.45. The molecule has 8 heteroatoms. The lowest BCUT2D eigenvalue weighted by atomic mass is 10.2. The van der Waals surface area contributed by atoms with E-state index in [4.69, 9.17) is 0 Å². The maximum atomic E-state index is 12.8. The summed E-state index contributed by atoms with van der Waals surface area (Å²) >= 11 is 0. The van der Waals surface area contributed by atoms with E-state index >= 15 is 0 Å². The summed E-state index contributed by atoms with van der Waals surface area (Å²) in [7, 11) is 0.00534. The van der Waals surface area contributed by atoms with Crippen molar-refractivity contribution in [1.82, 2.24) is 15.1 Å². The second-order valence-electron chi connectivity index (χ2n) is 8.09. The average molecular weight is 445 g/mol. The molecule has 1 aliphatic heterocycles. The van der Waals surface area contributed by atoms with E-state index in [0.717, 1.165) is 44.7 Å². The van der Waals surface area contributed by atoms with Gasteiger partial charge in [0.2, 0.25) is 0 Å². The van der Waals surface area contributed by atoms with Crippen LogP contribution < -0.4 is 9.62 Å². The van der Waals surface area contributed by atoms with E-state index < -0.39 is 10.0 Å². The van der Waals surface area contributed by atoms with Crippen LogP contribution in [0.15, 0.2) is 53.4 Å². The molecule has 7 nitrogen and oxygen atoms in total. The van der Waals surface area contributed by atoms with Crippen molar-refractivity contribution in [2.45, 2.75) is 18.2 Å². The van der Waals surface area contributed by atoms with Crippen LogP contribution in [0.5, 0.6) is 0 Å². The van der Waals surface area contributed by atoms with Gasteiger partial charge < -0.3 is 15.1 Å². The van der Waals surface area contributed by atoms with Gasteiger partial charge >= 0.3 is 0 Å². The monoisotopic (exact) mass is 444 g/mol. The molecule has 31 heavy (non-hydrogen) atoms. The largest absolute Gasteiger partial charge is 0.352 e. The van der Waals surface area contributed by atoms with E-state index in [1.54, 1.807) is 48.5 Å². The number of rotatable bonds is 8. The van der Waals surface area contributed by atoms with Gasteiger partial charge in [-0.05, 0) is 63.3 Å². The lowest BCUT2D eigenvalue weighted by Gasteiger charge is -2.32. The van der Waals surface area contributed by atoms with Crippen LogP contribution in [0.3, 0.4) is 0 Å². The van der Waals surface area contributed by atoms with E-state index in [1.165, 1.54) is 11.4 Å². The summed E-state index contributed by atoms with van der Waals surface area (Å²) in [4.78, 5) is 17.4. The van der Waals surface area contributed by atoms with Gasteiger partial charge in [-0.1, -0.05) is 17.7 Å². The molecule has 168 valence electrons. The van der Waals surface area contributed by atoms with Gasteiger partial charge in [-0.15, -0.1) is 0 Å². The predicted molar refractivity (Wildman–Crippen MR) is 124 cm³/mol. The molecule has 0 bridgehead atoms. The zero-order valence-electron chi connectivity index (χ0n) is 18.5. The predicted octanol–water partition coefficient (Wildman–Crippen LogP) is 2.19. The van der Waals surface area contributed by atoms with E-state index in [2.05, 4.69) is 22.2 Å². The SMILES string of the molecule is Cc1ccc(S(=O)(=O)N(C)c2ccc(C(=O)NCCCN3CCN(C)CC3)cc2)cc1. The Hall–Kier alpha value is -2.42. The molecule has 1 saturated heterocycles. The van der Waals surface area contributed by atoms with Crippen LogP contribution in [0.1, 0.15) is 22.3 Å². The molecule has 1 heterocycles. The van der Waals surface area contributed by atoms with Crippen molar-refractivity contribution < 1.29 is 13.2 Å². The number of anilines is 1. The first kappa shape index (κ1) is 23.2. The molecule has 1 amide bonds. The third kappa shape index (κ3) is 6.06. The Kier molecular flexibility index (Phi) is 7.69. The number of piperazine rings is 1. The summed E-state index contributed by atoms with van der Waals surface area (Å²) in [6, 6.07) is 13.4. The number of carbonyl (C=O) groups is 1. The maximum absolute atomic E-state index is 12.8. The Morgan fingerprint density at radius 3 is 2.23 bits per heavy atom. The molecule has 0 radical (unpaired) electrons. The van der Waals surface area contributed by atoms with Gasteiger partial charge in [-0.3, -0.25) is 9.10 Å². The van der Waals surface area contributed by atoms with Crippen molar-refractivity contribution >= 4 is 21.6 Å². The molecule has 1 N–H and O–H groups in total. The van der Waals surface area contributed by atoms with Gasteiger partial charge in [0, 0.05) is 45.3 Å². The third-order valence-corrected chi connectivity index (χ3v) is 7.50. The molecular formula is C23H32N4O3S. The number of amides is 1. The van der Waals surface area contributed by atoms with Gasteiger partial charge in [-0.2, -0.15) is 0 Å². The van der Waals surface area contributed by atoms with Crippen molar-refractivity contribution in [3.63, 3.8) is 0 Å². The van der Waals surface area contributed by atoms with E-state index in [0.29, 0.717) is 17.8 Å². The molecule has 0 atom stereocenters. The van der Waals surface area contributed by atoms with Crippen molar-refractivity contribution in [2.75, 3.05) is 57.7 Å². The molecule has 2 aromatic rings. The molecule has 0 aromatic heterocycles. The van der Waals surface area contributed by atoms with Gasteiger partial charge in [0.25, 0.3) is 15.9 Å². The van der Waals surface area contributed by atoms with Crippen LogP contribution in [0.4, 0.5) is 5.69 Å². The van der Waals surface area contributed by atoms with Crippen molar-refractivity contribution in [3.05, 3.63) is 59.7 Å². The number of hydrogen-bond donors (Lipinski definition) is 1. The molecule has 2 aromatic carbocycles. The van der Waals surface area contributed by atoms with Crippen molar-refractivity contribution in [3.8, 4) is 0 Å². The molecule has 1 aliphatic rings. The van der Waals surface area contributed by atoms with Gasteiger partial charge in [0.05, 0.1) is 10.6 Å². The molecule has 0 spiro atoms. The highest BCUT2D eigenvalue weighted by molar-refractivity contribution is 7.92. The summed E-state index contributed by atoms with van der Waals surface area (Å²) in [6.45, 7) is 7.84. The number of nitrogens with zero attached hydrogens (tertiary/aromatic N) is 3. The Balaban J connectivity index is 1.51. The van der Waals surface area contributed by atoms with E-state index in [1.807, 2.05) is 6.92 Å². The molecule has 0 aliphatic carbocycles. The Labute approximate surface area is 185 Å². The molecule has 0 unspecified atom stereocenters. The first-order valence-electron chi connectivity index (χ1n) is 10.6. The first-order chi connectivity index (χ1) is 14.8. The fourth-order valence-corrected chi connectivity index (χ4v) is 4.70. The fraction of sp³-hybridized carbons (Fsp3) is 0.435. The Morgan fingerprint density at radius 1 is 1.00 bits per heavy atom. The highest BCUT2D eigenvalue weighted by Crippen LogP contribution is 2.22. The van der Waals surface area contributed by atoms with E-state index in [9.17, 15) is 13.2 Å². The number of likely N-dealkylation sites (N-methyl/N-ethyl adjacent to an activating group) is 1. The highest BCUT2D eigenvalue weighted by Gasteiger charge is 2.21. The summed E-state index contributed by atoms with van der Waals surface area (Å²) in [5.74, 6) is -0.144.